The van der Waals surface area contributed by atoms with Crippen LogP contribution in [0.5, 0.6) is 0 Å². The number of likely N-dealkylation sites (N-methyl/N-ethyl adjacent to an activating group) is 1. The van der Waals surface area contributed by atoms with Crippen molar-refractivity contribution in [1.82, 2.24) is 4.90 Å². The maximum absolute atomic E-state index is 13.1. The van der Waals surface area contributed by atoms with Gasteiger partial charge in [-0.2, -0.15) is 0 Å². The molecule has 2 aromatic carbocycles. The fourth-order valence-corrected chi connectivity index (χ4v) is 3.09. The normalized spacial score (nSPS) is 10.5. The Kier molecular flexibility index (Phi) is 7.97. The summed E-state index contributed by atoms with van der Waals surface area (Å²) in [6.45, 7) is -0.0621. The largest absolute Gasteiger partial charge is 0.369 e. The average molecular weight is 404 g/mol. The van der Waals surface area contributed by atoms with E-state index in [1.165, 1.54) is 34.9 Å². The third-order valence-corrected chi connectivity index (χ3v) is 4.56. The number of hydrogen-bond acceptors (Lipinski definition) is 5. The van der Waals surface area contributed by atoms with Gasteiger partial charge >= 0.3 is 0 Å². The summed E-state index contributed by atoms with van der Waals surface area (Å²) < 4.78 is 13.1. The van der Waals surface area contributed by atoms with Gasteiger partial charge in [-0.3, -0.25) is 19.3 Å². The first kappa shape index (κ1) is 21.4. The summed E-state index contributed by atoms with van der Waals surface area (Å²) in [6, 6.07) is 12.6. The lowest BCUT2D eigenvalue weighted by Gasteiger charge is -2.17. The highest BCUT2D eigenvalue weighted by molar-refractivity contribution is 8.00. The number of para-hydroxylation sites is 1. The fourth-order valence-electron chi connectivity index (χ4n) is 2.35. The molecule has 9 heteroatoms. The van der Waals surface area contributed by atoms with Gasteiger partial charge in [-0.1, -0.05) is 18.2 Å². The first-order chi connectivity index (χ1) is 13.3. The Morgan fingerprint density at radius 2 is 1.71 bits per heavy atom. The van der Waals surface area contributed by atoms with Gasteiger partial charge in [-0.25, -0.2) is 4.39 Å². The van der Waals surface area contributed by atoms with Gasteiger partial charge in [0.15, 0.2) is 0 Å². The SMILES string of the molecule is CN(CC(=O)Nc1cccc(F)c1)CC(=O)Nc1ccccc1SCC(N)=O. The van der Waals surface area contributed by atoms with Crippen LogP contribution >= 0.6 is 11.8 Å². The van der Waals surface area contributed by atoms with E-state index in [2.05, 4.69) is 10.6 Å². The second-order valence-electron chi connectivity index (χ2n) is 6.03. The number of amides is 3. The van der Waals surface area contributed by atoms with Gasteiger partial charge < -0.3 is 16.4 Å². The molecular formula is C19H21FN4O3S. The third-order valence-electron chi connectivity index (χ3n) is 3.47. The minimum Gasteiger partial charge on any atom is -0.369 e. The molecule has 0 spiro atoms. The third kappa shape index (κ3) is 7.37. The van der Waals surface area contributed by atoms with Crippen LogP contribution in [0.1, 0.15) is 0 Å². The second-order valence-corrected chi connectivity index (χ2v) is 7.05. The van der Waals surface area contributed by atoms with Gasteiger partial charge in [-0.15, -0.1) is 11.8 Å². The number of carbonyl (C=O) groups excluding carboxylic acids is 3. The number of nitrogens with two attached hydrogens (primary N) is 1. The standard InChI is InChI=1S/C19H21FN4O3S/c1-24(10-18(26)22-14-6-4-5-13(20)9-14)11-19(27)23-15-7-2-3-8-16(15)28-12-17(21)25/h2-9H,10-12H2,1H3,(H2,21,25)(H,22,26)(H,23,27). The Morgan fingerprint density at radius 3 is 2.39 bits per heavy atom. The van der Waals surface area contributed by atoms with Crippen LogP contribution < -0.4 is 16.4 Å². The lowest BCUT2D eigenvalue weighted by Crippen LogP contribution is -2.36. The quantitative estimate of drug-likeness (QED) is 0.554. The Balaban J connectivity index is 1.85. The number of rotatable bonds is 9. The molecule has 0 aliphatic carbocycles. The molecule has 2 aromatic rings. The van der Waals surface area contributed by atoms with E-state index in [-0.39, 0.29) is 30.7 Å². The first-order valence-electron chi connectivity index (χ1n) is 8.37. The number of nitrogens with zero attached hydrogens (tertiary/aromatic N) is 1. The molecule has 28 heavy (non-hydrogen) atoms. The number of benzene rings is 2. The van der Waals surface area contributed by atoms with Crippen LogP contribution in [-0.4, -0.2) is 48.5 Å². The lowest BCUT2D eigenvalue weighted by molar-refractivity contribution is -0.119. The number of anilines is 2. The minimum absolute atomic E-state index is 0.0224. The van der Waals surface area contributed by atoms with E-state index in [4.69, 9.17) is 5.73 Å². The fraction of sp³-hybridized carbons (Fsp3) is 0.211. The highest BCUT2D eigenvalue weighted by Gasteiger charge is 2.13. The number of nitrogens with one attached hydrogen (secondary N) is 2. The summed E-state index contributed by atoms with van der Waals surface area (Å²) >= 11 is 1.23. The second kappa shape index (κ2) is 10.4. The molecule has 0 saturated carbocycles. The smallest absolute Gasteiger partial charge is 0.238 e. The van der Waals surface area contributed by atoms with Crippen LogP contribution in [0.25, 0.3) is 0 Å². The summed E-state index contributed by atoms with van der Waals surface area (Å²) in [5.41, 5.74) is 6.07. The van der Waals surface area contributed by atoms with Crippen molar-refractivity contribution in [3.8, 4) is 0 Å². The van der Waals surface area contributed by atoms with Gasteiger partial charge in [0, 0.05) is 10.6 Å². The van der Waals surface area contributed by atoms with E-state index in [1.807, 2.05) is 0 Å². The van der Waals surface area contributed by atoms with Crippen LogP contribution in [0, 0.1) is 5.82 Å². The van der Waals surface area contributed by atoms with Crippen LogP contribution in [0.4, 0.5) is 15.8 Å². The molecule has 148 valence electrons. The van der Waals surface area contributed by atoms with E-state index in [0.717, 1.165) is 4.90 Å². The van der Waals surface area contributed by atoms with Crippen LogP contribution in [0.2, 0.25) is 0 Å². The molecule has 4 N–H and O–H groups in total. The van der Waals surface area contributed by atoms with Crippen molar-refractivity contribution >= 4 is 40.9 Å². The van der Waals surface area contributed by atoms with Crippen molar-refractivity contribution in [2.24, 2.45) is 5.73 Å². The number of thioether (sulfide) groups is 1. The zero-order valence-corrected chi connectivity index (χ0v) is 16.1. The summed E-state index contributed by atoms with van der Waals surface area (Å²) in [5, 5.41) is 5.33. The van der Waals surface area contributed by atoms with Crippen molar-refractivity contribution in [3.05, 3.63) is 54.3 Å². The summed E-state index contributed by atoms with van der Waals surface area (Å²) in [6.07, 6.45) is 0. The summed E-state index contributed by atoms with van der Waals surface area (Å²) in [4.78, 5) is 37.5. The molecule has 0 fully saturated rings. The molecule has 0 saturated heterocycles. The predicted octanol–water partition coefficient (Wildman–Crippen LogP) is 1.91. The highest BCUT2D eigenvalue weighted by Crippen LogP contribution is 2.26. The zero-order valence-electron chi connectivity index (χ0n) is 15.3. The number of halogens is 1. The molecule has 0 aromatic heterocycles. The number of primary amides is 1. The van der Waals surface area contributed by atoms with Crippen molar-refractivity contribution in [2.75, 3.05) is 36.5 Å². The van der Waals surface area contributed by atoms with Gasteiger partial charge in [-0.05, 0) is 37.4 Å². The Labute approximate surface area is 166 Å². The molecule has 7 nitrogen and oxygen atoms in total. The zero-order chi connectivity index (χ0) is 20.5. The van der Waals surface area contributed by atoms with Crippen molar-refractivity contribution in [2.45, 2.75) is 4.90 Å². The molecule has 3 amide bonds. The molecule has 0 heterocycles. The van der Waals surface area contributed by atoms with Gasteiger partial charge in [0.25, 0.3) is 0 Å². The van der Waals surface area contributed by atoms with Crippen molar-refractivity contribution in [1.29, 1.82) is 0 Å². The average Bonchev–Trinajstić information content (AvgIpc) is 2.60. The van der Waals surface area contributed by atoms with Crippen LogP contribution in [0.15, 0.2) is 53.4 Å². The topological polar surface area (TPSA) is 105 Å². The monoisotopic (exact) mass is 404 g/mol. The van der Waals surface area contributed by atoms with E-state index < -0.39 is 11.7 Å². The van der Waals surface area contributed by atoms with E-state index >= 15 is 0 Å². The number of hydrogen-bond donors (Lipinski definition) is 3. The summed E-state index contributed by atoms with van der Waals surface area (Å²) in [7, 11) is 1.62. The molecule has 0 atom stereocenters. The molecule has 0 aliphatic heterocycles. The van der Waals surface area contributed by atoms with Crippen LogP contribution in [-0.2, 0) is 14.4 Å². The molecule has 0 unspecified atom stereocenters. The van der Waals surface area contributed by atoms with E-state index in [0.29, 0.717) is 11.4 Å². The van der Waals surface area contributed by atoms with Crippen molar-refractivity contribution < 1.29 is 18.8 Å². The molecule has 0 aliphatic rings. The Morgan fingerprint density at radius 1 is 1.04 bits per heavy atom. The minimum atomic E-state index is -0.449. The van der Waals surface area contributed by atoms with Crippen molar-refractivity contribution in [3.63, 3.8) is 0 Å². The Bertz CT molecular complexity index is 863. The molecule has 2 rings (SSSR count). The van der Waals surface area contributed by atoms with Crippen LogP contribution in [0.3, 0.4) is 0 Å². The molecule has 0 bridgehead atoms. The first-order valence-corrected chi connectivity index (χ1v) is 9.36. The van der Waals surface area contributed by atoms with Gasteiger partial charge in [0.05, 0.1) is 24.5 Å². The lowest BCUT2D eigenvalue weighted by atomic mass is 10.3. The molecular weight excluding hydrogens is 383 g/mol. The van der Waals surface area contributed by atoms with Gasteiger partial charge in [0.2, 0.25) is 17.7 Å². The van der Waals surface area contributed by atoms with Gasteiger partial charge in [0.1, 0.15) is 5.82 Å². The molecule has 0 radical (unpaired) electrons. The maximum atomic E-state index is 13.1. The van der Waals surface area contributed by atoms with E-state index in [1.54, 1.807) is 37.4 Å². The summed E-state index contributed by atoms with van der Waals surface area (Å²) in [5.74, 6) is -1.47. The predicted molar refractivity (Wildman–Crippen MR) is 108 cm³/mol. The maximum Gasteiger partial charge on any atom is 0.238 e. The Hall–Kier alpha value is -2.91. The van der Waals surface area contributed by atoms with E-state index in [9.17, 15) is 18.8 Å². The highest BCUT2D eigenvalue weighted by atomic mass is 32.2. The number of carbonyl (C=O) groups is 3.